The quantitative estimate of drug-likeness (QED) is 0.0798. The van der Waals surface area contributed by atoms with Crippen molar-refractivity contribution in [3.05, 3.63) is 76.5 Å². The van der Waals surface area contributed by atoms with E-state index in [1.807, 2.05) is 71.0 Å². The lowest BCUT2D eigenvalue weighted by molar-refractivity contribution is -0.137. The number of carbonyl (C=O) groups excluding carboxylic acids is 3. The predicted octanol–water partition coefficient (Wildman–Crippen LogP) is 7.50. The predicted molar refractivity (Wildman–Crippen MR) is 237 cm³/mol. The number of likely N-dealkylation sites (tertiary alicyclic amines) is 1. The van der Waals surface area contributed by atoms with Crippen molar-refractivity contribution in [2.45, 2.75) is 116 Å². The van der Waals surface area contributed by atoms with Crippen LogP contribution in [0.2, 0.25) is 0 Å². The first kappa shape index (κ1) is 46.3. The van der Waals surface area contributed by atoms with Gasteiger partial charge in [-0.25, -0.2) is 14.0 Å². The standard InChI is InChI=1S/C19H17N3OS.C15H25NO2S.C8H15N3O2.C2H6/c1-12(2)22-16-10-6-9-14(17(16)21-19(22)23)18-20-15(11-24-18)13-7-4-3-5-8-13;1-3-4-5-6-7-8-12-11-13(12)14(17)16-19(18)15(2)9-10-15;1-10-8(13)6-3-2-4-11(6)7(12)5-9;1-2/h3-12H,1-2H3,(H,21,23);7-8,12-13H,3-6,9-11H2,1-2H3,(H,16,17);6H,2-5,9H2,1H3,(H,10,13);1-2H3/b;8-7-;;/t;12?,13-,19?;;/m.0../s1. The molecule has 3 unspecified atom stereocenters. The molecule has 3 fully saturated rings. The van der Waals surface area contributed by atoms with Gasteiger partial charge in [0.1, 0.15) is 22.0 Å². The molecular weight excluding hydrogens is 771 g/mol. The van der Waals surface area contributed by atoms with Gasteiger partial charge in [-0.15, -0.1) is 11.3 Å². The Balaban J connectivity index is 0.000000197. The summed E-state index contributed by atoms with van der Waals surface area (Å²) in [5.74, 6) is 0.180. The number of benzene rings is 2. The molecule has 1 aliphatic heterocycles. The second-order valence-electron chi connectivity index (χ2n) is 15.2. The van der Waals surface area contributed by atoms with E-state index in [1.165, 1.54) is 19.3 Å². The second-order valence-corrected chi connectivity index (χ2v) is 17.8. The third-order valence-corrected chi connectivity index (χ3v) is 13.1. The average molecular weight is 834 g/mol. The summed E-state index contributed by atoms with van der Waals surface area (Å²) >= 11 is 1.59. The van der Waals surface area contributed by atoms with E-state index >= 15 is 0 Å². The first-order valence-corrected chi connectivity index (χ1v) is 22.8. The van der Waals surface area contributed by atoms with E-state index in [0.29, 0.717) is 12.5 Å². The Hall–Kier alpha value is -4.40. The lowest BCUT2D eigenvalue weighted by Crippen LogP contribution is -2.46. The summed E-state index contributed by atoms with van der Waals surface area (Å²) in [7, 11) is 0.390. The highest BCUT2D eigenvalue weighted by Gasteiger charge is 2.47. The van der Waals surface area contributed by atoms with Crippen molar-refractivity contribution in [3.63, 3.8) is 0 Å². The summed E-state index contributed by atoms with van der Waals surface area (Å²) in [5, 5.41) is 5.51. The van der Waals surface area contributed by atoms with Gasteiger partial charge in [-0.05, 0) is 83.8 Å². The van der Waals surface area contributed by atoms with Crippen molar-refractivity contribution < 1.29 is 18.6 Å². The van der Waals surface area contributed by atoms with Gasteiger partial charge < -0.3 is 20.9 Å². The Kier molecular flexibility index (Phi) is 17.6. The fourth-order valence-electron chi connectivity index (χ4n) is 6.76. The number of nitrogens with two attached hydrogens (primary N) is 1. The first-order valence-electron chi connectivity index (χ1n) is 20.8. The molecule has 7 rings (SSSR count). The van der Waals surface area contributed by atoms with Gasteiger partial charge in [-0.3, -0.25) is 23.7 Å². The van der Waals surface area contributed by atoms with E-state index in [9.17, 15) is 23.4 Å². The van der Waals surface area contributed by atoms with Crippen LogP contribution in [0, 0.1) is 11.8 Å². The number of carbonyl (C=O) groups is 3. The molecule has 58 heavy (non-hydrogen) atoms. The normalized spacial score (nSPS) is 19.3. The Morgan fingerprint density at radius 1 is 1.09 bits per heavy atom. The van der Waals surface area contributed by atoms with Gasteiger partial charge in [0.15, 0.2) is 0 Å². The average Bonchev–Trinajstić information content (AvgIpc) is 3.96. The van der Waals surface area contributed by atoms with E-state index in [2.05, 4.69) is 51.6 Å². The van der Waals surface area contributed by atoms with Gasteiger partial charge in [0.25, 0.3) is 0 Å². The minimum absolute atomic E-state index is 0.0188. The maximum absolute atomic E-state index is 12.3. The molecule has 2 aliphatic carbocycles. The molecule has 12 nitrogen and oxygen atoms in total. The molecule has 1 saturated heterocycles. The van der Waals surface area contributed by atoms with E-state index in [4.69, 9.17) is 10.7 Å². The number of unbranched alkanes of at least 4 members (excludes halogenated alkanes) is 3. The monoisotopic (exact) mass is 833 g/mol. The number of aromatic amines is 1. The Morgan fingerprint density at radius 2 is 1.81 bits per heavy atom. The fourth-order valence-corrected chi connectivity index (χ4v) is 8.68. The maximum atomic E-state index is 12.3. The molecule has 2 aromatic carbocycles. The van der Waals surface area contributed by atoms with Crippen molar-refractivity contribution in [1.82, 2.24) is 29.5 Å². The van der Waals surface area contributed by atoms with Crippen LogP contribution in [0.3, 0.4) is 0 Å². The van der Waals surface area contributed by atoms with Gasteiger partial charge in [0, 0.05) is 42.1 Å². The molecule has 4 atom stereocenters. The lowest BCUT2D eigenvalue weighted by Gasteiger charge is -2.22. The summed E-state index contributed by atoms with van der Waals surface area (Å²) in [6.07, 6.45) is 13.7. The van der Waals surface area contributed by atoms with E-state index in [0.717, 1.165) is 71.4 Å². The number of H-pyrrole nitrogens is 1. The second kappa shape index (κ2) is 22.1. The van der Waals surface area contributed by atoms with Crippen LogP contribution in [0.15, 0.2) is 70.9 Å². The summed E-state index contributed by atoms with van der Waals surface area (Å²) < 4.78 is 16.2. The zero-order chi connectivity index (χ0) is 42.4. The van der Waals surface area contributed by atoms with Crippen molar-refractivity contribution in [2.24, 2.45) is 17.6 Å². The van der Waals surface area contributed by atoms with Crippen molar-refractivity contribution >= 4 is 51.1 Å². The van der Waals surface area contributed by atoms with Gasteiger partial charge >= 0.3 is 5.69 Å². The molecule has 316 valence electrons. The maximum Gasteiger partial charge on any atom is 0.326 e. The molecule has 14 heteroatoms. The molecule has 0 spiro atoms. The van der Waals surface area contributed by atoms with Gasteiger partial charge in [0.05, 0.1) is 28.0 Å². The number of para-hydroxylation sites is 1. The Bertz CT molecular complexity index is 2050. The van der Waals surface area contributed by atoms with Crippen LogP contribution in [-0.4, -0.2) is 72.3 Å². The Morgan fingerprint density at radius 3 is 2.45 bits per heavy atom. The number of nitrogens with zero attached hydrogens (tertiary/aromatic N) is 3. The number of fused-ring (bicyclic) bond motifs is 1. The SMILES string of the molecule is CC.CC(C)n1c(=O)[nH]c2c(-c3nc(-c4ccccc4)cs3)cccc21.CCCCC/C=C\C1C[C@@H]1C(=O)NS(=O)C1(C)CC1.CNC(=O)C1CCCN1C(=O)CN. The summed E-state index contributed by atoms with van der Waals surface area (Å²) in [6.45, 7) is 12.8. The molecule has 3 amide bonds. The van der Waals surface area contributed by atoms with Crippen molar-refractivity contribution in [1.29, 1.82) is 0 Å². The van der Waals surface area contributed by atoms with Gasteiger partial charge in [-0.2, -0.15) is 0 Å². The number of likely N-dealkylation sites (N-methyl/N-ethyl adjacent to an activating group) is 1. The van der Waals surface area contributed by atoms with Crippen LogP contribution in [0.25, 0.3) is 32.9 Å². The van der Waals surface area contributed by atoms with Crippen LogP contribution >= 0.6 is 11.3 Å². The Labute approximate surface area is 350 Å². The first-order chi connectivity index (χ1) is 27.9. The summed E-state index contributed by atoms with van der Waals surface area (Å²) in [4.78, 5) is 56.1. The van der Waals surface area contributed by atoms with Crippen LogP contribution in [-0.2, 0) is 25.4 Å². The summed E-state index contributed by atoms with van der Waals surface area (Å²) in [6, 6.07) is 15.9. The minimum atomic E-state index is -1.19. The van der Waals surface area contributed by atoms with Crippen LogP contribution in [0.4, 0.5) is 0 Å². The molecule has 0 bridgehead atoms. The highest BCUT2D eigenvalue weighted by molar-refractivity contribution is 7.85. The number of hydrogen-bond donors (Lipinski definition) is 4. The smallest absolute Gasteiger partial charge is 0.326 e. The number of rotatable bonds is 13. The van der Waals surface area contributed by atoms with Crippen molar-refractivity contribution in [3.8, 4) is 21.8 Å². The largest absolute Gasteiger partial charge is 0.357 e. The van der Waals surface area contributed by atoms with Crippen LogP contribution in [0.1, 0.15) is 105 Å². The molecule has 2 aromatic heterocycles. The minimum Gasteiger partial charge on any atom is -0.357 e. The number of allylic oxidation sites excluding steroid dienone is 2. The topological polar surface area (TPSA) is 172 Å². The van der Waals surface area contributed by atoms with Crippen LogP contribution in [0.5, 0.6) is 0 Å². The molecular formula is C44H63N7O5S2. The highest BCUT2D eigenvalue weighted by atomic mass is 32.2. The number of hydrogen-bond acceptors (Lipinski definition) is 8. The molecule has 3 aliphatic rings. The lowest BCUT2D eigenvalue weighted by atomic mass is 10.1. The third-order valence-electron chi connectivity index (χ3n) is 10.5. The molecule has 2 saturated carbocycles. The molecule has 0 radical (unpaired) electrons. The number of aromatic nitrogens is 3. The zero-order valence-corrected chi connectivity index (χ0v) is 36.8. The zero-order valence-electron chi connectivity index (χ0n) is 35.2. The van der Waals surface area contributed by atoms with E-state index in [1.54, 1.807) is 27.9 Å². The number of amides is 3. The number of imidazole rings is 1. The number of nitrogens with one attached hydrogen (secondary N) is 3. The fraction of sp³-hybridized carbons (Fsp3) is 0.523. The molecule has 4 aromatic rings. The van der Waals surface area contributed by atoms with Crippen LogP contribution < -0.4 is 21.5 Å². The highest BCUT2D eigenvalue weighted by Crippen LogP contribution is 2.43. The van der Waals surface area contributed by atoms with Gasteiger partial charge in [-0.1, -0.05) is 82.2 Å². The number of thiazole rings is 1. The third kappa shape index (κ3) is 12.1. The molecule has 3 heterocycles. The van der Waals surface area contributed by atoms with E-state index in [-0.39, 0.29) is 52.7 Å². The summed E-state index contributed by atoms with van der Waals surface area (Å²) in [5.41, 5.74) is 9.95. The van der Waals surface area contributed by atoms with Crippen molar-refractivity contribution in [2.75, 3.05) is 20.1 Å². The van der Waals surface area contributed by atoms with E-state index < -0.39 is 11.0 Å². The van der Waals surface area contributed by atoms with Gasteiger partial charge in [0.2, 0.25) is 17.7 Å². The molecule has 5 N–H and O–H groups in total.